The molecule has 3 nitrogen and oxygen atoms in total. The molecule has 1 rings (SSSR count). The van der Waals surface area contributed by atoms with E-state index >= 15 is 0 Å². The van der Waals surface area contributed by atoms with Crippen molar-refractivity contribution in [2.75, 3.05) is 7.11 Å². The number of ether oxygens (including phenoxy) is 1. The zero-order valence-electron chi connectivity index (χ0n) is 7.58. The van der Waals surface area contributed by atoms with E-state index < -0.39 is 27.1 Å². The van der Waals surface area contributed by atoms with E-state index in [-0.39, 0.29) is 5.75 Å². The molecule has 1 aromatic rings. The second kappa shape index (κ2) is 4.09. The lowest BCUT2D eigenvalue weighted by Gasteiger charge is -2.07. The second-order valence-electron chi connectivity index (χ2n) is 2.64. The van der Waals surface area contributed by atoms with E-state index in [0.717, 1.165) is 18.2 Å². The minimum atomic E-state index is -5.17. The van der Waals surface area contributed by atoms with Crippen LogP contribution in [0.1, 0.15) is 12.0 Å². The molecule has 0 bridgehead atoms. The van der Waals surface area contributed by atoms with Crippen LogP contribution < -0.4 is 4.74 Å². The van der Waals surface area contributed by atoms with Crippen LogP contribution in [0.3, 0.4) is 0 Å². The third-order valence-electron chi connectivity index (χ3n) is 1.72. The number of alkyl halides is 2. The van der Waals surface area contributed by atoms with Crippen molar-refractivity contribution < 1.29 is 25.8 Å². The summed E-state index contributed by atoms with van der Waals surface area (Å²) in [6, 6.07) is 2.67. The lowest BCUT2D eigenvalue weighted by Crippen LogP contribution is -2.00. The summed E-state index contributed by atoms with van der Waals surface area (Å²) >= 11 is 0. The summed E-state index contributed by atoms with van der Waals surface area (Å²) in [5, 5.41) is 0. The third kappa shape index (κ3) is 2.62. The minimum absolute atomic E-state index is 0.00405. The molecule has 0 unspecified atom stereocenters. The molecule has 0 aliphatic rings. The highest BCUT2D eigenvalue weighted by molar-refractivity contribution is 7.86. The Kier molecular flexibility index (Phi) is 3.23. The summed E-state index contributed by atoms with van der Waals surface area (Å²) < 4.78 is 63.0. The predicted molar refractivity (Wildman–Crippen MR) is 46.2 cm³/mol. The predicted octanol–water partition coefficient (Wildman–Crippen LogP) is 2.29. The molecule has 15 heavy (non-hydrogen) atoms. The van der Waals surface area contributed by atoms with Crippen LogP contribution in [0.2, 0.25) is 0 Å². The average Bonchev–Trinajstić information content (AvgIpc) is 2.15. The molecule has 0 aliphatic heterocycles. The highest BCUT2D eigenvalue weighted by atomic mass is 32.3. The quantitative estimate of drug-likeness (QED) is 0.761. The molecule has 0 aliphatic carbocycles. The van der Waals surface area contributed by atoms with Gasteiger partial charge in [-0.2, -0.15) is 8.42 Å². The second-order valence-corrected chi connectivity index (χ2v) is 3.96. The molecule has 7 heteroatoms. The van der Waals surface area contributed by atoms with Crippen molar-refractivity contribution in [1.82, 2.24) is 0 Å². The van der Waals surface area contributed by atoms with Gasteiger partial charge in [-0.1, -0.05) is 0 Å². The maximum Gasteiger partial charge on any atom is 0.332 e. The van der Waals surface area contributed by atoms with Gasteiger partial charge in [0.15, 0.2) is 0 Å². The highest BCUT2D eigenvalue weighted by Gasteiger charge is 2.23. The van der Waals surface area contributed by atoms with Gasteiger partial charge < -0.3 is 4.74 Å². The molecule has 0 saturated heterocycles. The topological polar surface area (TPSA) is 43.4 Å². The van der Waals surface area contributed by atoms with Gasteiger partial charge in [0.1, 0.15) is 10.6 Å². The zero-order chi connectivity index (χ0) is 11.6. The van der Waals surface area contributed by atoms with E-state index in [2.05, 4.69) is 4.74 Å². The Balaban J connectivity index is 3.43. The van der Waals surface area contributed by atoms with Crippen molar-refractivity contribution >= 4 is 10.2 Å². The average molecular weight is 240 g/mol. The van der Waals surface area contributed by atoms with Crippen molar-refractivity contribution in [3.63, 3.8) is 0 Å². The summed E-state index contributed by atoms with van der Waals surface area (Å²) in [7, 11) is -3.96. The van der Waals surface area contributed by atoms with Crippen LogP contribution in [-0.4, -0.2) is 15.5 Å². The molecule has 0 aromatic heterocycles. The highest BCUT2D eigenvalue weighted by Crippen LogP contribution is 2.30. The van der Waals surface area contributed by atoms with Crippen molar-refractivity contribution in [3.05, 3.63) is 23.8 Å². The molecule has 0 N–H and O–H groups in total. The van der Waals surface area contributed by atoms with Gasteiger partial charge >= 0.3 is 10.2 Å². The van der Waals surface area contributed by atoms with E-state index in [9.17, 15) is 21.1 Å². The van der Waals surface area contributed by atoms with Crippen LogP contribution >= 0.6 is 0 Å². The molecule has 0 atom stereocenters. The molecule has 0 fully saturated rings. The van der Waals surface area contributed by atoms with Gasteiger partial charge in [-0.3, -0.25) is 0 Å². The van der Waals surface area contributed by atoms with Crippen LogP contribution in [0.15, 0.2) is 23.1 Å². The zero-order valence-corrected chi connectivity index (χ0v) is 8.39. The summed E-state index contributed by atoms with van der Waals surface area (Å²) in [5.41, 5.74) is -0.877. The van der Waals surface area contributed by atoms with E-state index in [1.54, 1.807) is 0 Å². The normalized spacial score (nSPS) is 11.8. The van der Waals surface area contributed by atoms with Gasteiger partial charge in [0.25, 0.3) is 6.43 Å². The maximum atomic E-state index is 12.6. The molecule has 0 radical (unpaired) electrons. The lowest BCUT2D eigenvalue weighted by atomic mass is 10.2. The van der Waals surface area contributed by atoms with E-state index in [0.29, 0.717) is 0 Å². The number of halogens is 3. The van der Waals surface area contributed by atoms with E-state index in [1.165, 1.54) is 7.11 Å². The van der Waals surface area contributed by atoms with Crippen molar-refractivity contribution in [1.29, 1.82) is 0 Å². The summed E-state index contributed by atoms with van der Waals surface area (Å²) in [6.45, 7) is 0. The third-order valence-corrected chi connectivity index (χ3v) is 2.60. The van der Waals surface area contributed by atoms with Crippen molar-refractivity contribution in [2.45, 2.75) is 11.3 Å². The largest absolute Gasteiger partial charge is 0.497 e. The number of hydrogen-bond donors (Lipinski definition) is 0. The first kappa shape index (κ1) is 11.8. The van der Waals surface area contributed by atoms with E-state index in [1.807, 2.05) is 0 Å². The first-order valence-electron chi connectivity index (χ1n) is 3.77. The molecule has 0 heterocycles. The Morgan fingerprint density at radius 1 is 1.33 bits per heavy atom. The minimum Gasteiger partial charge on any atom is -0.497 e. The summed E-state index contributed by atoms with van der Waals surface area (Å²) in [6.07, 6.45) is -3.06. The standard InChI is InChI=1S/C8H7F3O3S/c1-14-5-2-3-6(8(9)10)7(4-5)15(11,12)13/h2-4,8H,1H3. The Hall–Kier alpha value is -1.24. The van der Waals surface area contributed by atoms with Gasteiger partial charge in [-0.15, -0.1) is 3.89 Å². The Labute approximate surface area is 84.7 Å². The fourth-order valence-corrected chi connectivity index (χ4v) is 1.73. The fraction of sp³-hybridized carbons (Fsp3) is 0.250. The first-order valence-corrected chi connectivity index (χ1v) is 5.15. The van der Waals surface area contributed by atoms with Gasteiger partial charge in [0.2, 0.25) is 0 Å². The van der Waals surface area contributed by atoms with Crippen LogP contribution in [-0.2, 0) is 10.2 Å². The van der Waals surface area contributed by atoms with Gasteiger partial charge in [0.05, 0.1) is 7.11 Å². The lowest BCUT2D eigenvalue weighted by molar-refractivity contribution is 0.147. The molecule has 1 aromatic carbocycles. The van der Waals surface area contributed by atoms with Crippen LogP contribution in [0.25, 0.3) is 0 Å². The molecule has 0 amide bonds. The molecule has 84 valence electrons. The van der Waals surface area contributed by atoms with Gasteiger partial charge in [-0.05, 0) is 12.1 Å². The summed E-state index contributed by atoms with van der Waals surface area (Å²) in [5.74, 6) is -0.00405. The number of methoxy groups -OCH3 is 1. The van der Waals surface area contributed by atoms with Crippen molar-refractivity contribution in [3.8, 4) is 5.75 Å². The molecule has 0 saturated carbocycles. The van der Waals surface area contributed by atoms with Crippen LogP contribution in [0, 0.1) is 0 Å². The van der Waals surface area contributed by atoms with Crippen molar-refractivity contribution in [2.24, 2.45) is 0 Å². The molecule has 0 spiro atoms. The molecular formula is C8H7F3O3S. The Morgan fingerprint density at radius 2 is 1.93 bits per heavy atom. The Morgan fingerprint density at radius 3 is 2.33 bits per heavy atom. The number of hydrogen-bond acceptors (Lipinski definition) is 3. The van der Waals surface area contributed by atoms with Crippen LogP contribution in [0.5, 0.6) is 5.75 Å². The van der Waals surface area contributed by atoms with Gasteiger partial charge in [0, 0.05) is 11.6 Å². The van der Waals surface area contributed by atoms with Crippen LogP contribution in [0.4, 0.5) is 12.7 Å². The fourth-order valence-electron chi connectivity index (χ4n) is 1.03. The first-order chi connectivity index (χ1) is 6.86. The summed E-state index contributed by atoms with van der Waals surface area (Å²) in [4.78, 5) is -1.06. The monoisotopic (exact) mass is 240 g/mol. The maximum absolute atomic E-state index is 12.6. The SMILES string of the molecule is COc1ccc(C(F)F)c(S(=O)(=O)F)c1. The number of rotatable bonds is 3. The van der Waals surface area contributed by atoms with Gasteiger partial charge in [-0.25, -0.2) is 8.78 Å². The Bertz CT molecular complexity index is 456. The smallest absolute Gasteiger partial charge is 0.332 e. The number of benzene rings is 1. The van der Waals surface area contributed by atoms with E-state index in [4.69, 9.17) is 0 Å². The molecular weight excluding hydrogens is 233 g/mol.